The van der Waals surface area contributed by atoms with E-state index in [2.05, 4.69) is 16.0 Å². The van der Waals surface area contributed by atoms with Crippen LogP contribution in [0.1, 0.15) is 53.4 Å². The van der Waals surface area contributed by atoms with Crippen LogP contribution in [0.15, 0.2) is 0 Å². The number of amides is 2. The first-order valence-electron chi connectivity index (χ1n) is 7.13. The molecular formula is C14H27N3O2. The van der Waals surface area contributed by atoms with E-state index in [9.17, 15) is 9.59 Å². The molecule has 5 heteroatoms. The van der Waals surface area contributed by atoms with Gasteiger partial charge in [0.05, 0.1) is 12.6 Å². The SMILES string of the molecule is CC(NCC(=O)NC(C)(C)C)C(=O)NC1CCCC1. The molecule has 0 heterocycles. The first-order chi connectivity index (χ1) is 8.78. The summed E-state index contributed by atoms with van der Waals surface area (Å²) in [6, 6.07) is -0.0218. The Morgan fingerprint density at radius 3 is 2.32 bits per heavy atom. The van der Waals surface area contributed by atoms with Gasteiger partial charge in [0.1, 0.15) is 0 Å². The van der Waals surface area contributed by atoms with Crippen molar-refractivity contribution >= 4 is 11.8 Å². The summed E-state index contributed by atoms with van der Waals surface area (Å²) in [5.74, 6) is -0.108. The van der Waals surface area contributed by atoms with Gasteiger partial charge in [-0.2, -0.15) is 0 Å². The molecule has 1 aliphatic carbocycles. The van der Waals surface area contributed by atoms with Gasteiger partial charge in [-0.3, -0.25) is 14.9 Å². The molecule has 2 amide bonds. The van der Waals surface area contributed by atoms with Gasteiger partial charge in [-0.05, 0) is 40.5 Å². The molecule has 19 heavy (non-hydrogen) atoms. The number of nitrogens with one attached hydrogen (secondary N) is 3. The van der Waals surface area contributed by atoms with Crippen molar-refractivity contribution in [1.82, 2.24) is 16.0 Å². The monoisotopic (exact) mass is 269 g/mol. The number of rotatable bonds is 5. The Labute approximate surface area is 115 Å². The van der Waals surface area contributed by atoms with Crippen LogP contribution in [0.5, 0.6) is 0 Å². The van der Waals surface area contributed by atoms with Crippen molar-refractivity contribution in [3.05, 3.63) is 0 Å². The first-order valence-corrected chi connectivity index (χ1v) is 7.13. The minimum absolute atomic E-state index is 0.0181. The summed E-state index contributed by atoms with van der Waals surface area (Å²) in [4.78, 5) is 23.5. The van der Waals surface area contributed by atoms with Crippen LogP contribution in [0.25, 0.3) is 0 Å². The van der Waals surface area contributed by atoms with Crippen LogP contribution in [-0.2, 0) is 9.59 Å². The zero-order chi connectivity index (χ0) is 14.5. The zero-order valence-electron chi connectivity index (χ0n) is 12.5. The van der Waals surface area contributed by atoms with Crippen LogP contribution in [0.4, 0.5) is 0 Å². The maximum absolute atomic E-state index is 11.9. The highest BCUT2D eigenvalue weighted by Crippen LogP contribution is 2.17. The maximum Gasteiger partial charge on any atom is 0.237 e. The Balaban J connectivity index is 2.24. The second kappa shape index (κ2) is 6.89. The van der Waals surface area contributed by atoms with Gasteiger partial charge in [0.25, 0.3) is 0 Å². The fourth-order valence-corrected chi connectivity index (χ4v) is 2.20. The average molecular weight is 269 g/mol. The van der Waals surface area contributed by atoms with Gasteiger partial charge in [-0.25, -0.2) is 0 Å². The molecule has 1 aliphatic rings. The van der Waals surface area contributed by atoms with E-state index in [1.54, 1.807) is 6.92 Å². The summed E-state index contributed by atoms with van der Waals surface area (Å²) >= 11 is 0. The molecule has 0 spiro atoms. The summed E-state index contributed by atoms with van der Waals surface area (Å²) < 4.78 is 0. The quantitative estimate of drug-likeness (QED) is 0.695. The van der Waals surface area contributed by atoms with Crippen molar-refractivity contribution in [2.75, 3.05) is 6.54 Å². The minimum atomic E-state index is -0.341. The Kier molecular flexibility index (Phi) is 5.79. The van der Waals surface area contributed by atoms with Crippen LogP contribution >= 0.6 is 0 Å². The predicted molar refractivity (Wildman–Crippen MR) is 75.8 cm³/mol. The lowest BCUT2D eigenvalue weighted by molar-refractivity contribution is -0.124. The van der Waals surface area contributed by atoms with Gasteiger partial charge in [-0.1, -0.05) is 12.8 Å². The van der Waals surface area contributed by atoms with Gasteiger partial charge in [0, 0.05) is 11.6 Å². The van der Waals surface area contributed by atoms with E-state index in [0.29, 0.717) is 6.04 Å². The third kappa shape index (κ3) is 6.57. The summed E-state index contributed by atoms with van der Waals surface area (Å²) in [5, 5.41) is 8.83. The highest BCUT2D eigenvalue weighted by atomic mass is 16.2. The Bertz CT molecular complexity index is 317. The molecular weight excluding hydrogens is 242 g/mol. The maximum atomic E-state index is 11.9. The van der Waals surface area contributed by atoms with Crippen LogP contribution < -0.4 is 16.0 Å². The van der Waals surface area contributed by atoms with Gasteiger partial charge in [-0.15, -0.1) is 0 Å². The molecule has 0 radical (unpaired) electrons. The summed E-state index contributed by atoms with van der Waals surface area (Å²) in [5.41, 5.74) is -0.242. The third-order valence-electron chi connectivity index (χ3n) is 3.18. The van der Waals surface area contributed by atoms with Gasteiger partial charge >= 0.3 is 0 Å². The largest absolute Gasteiger partial charge is 0.352 e. The second-order valence-electron chi connectivity index (χ2n) is 6.39. The standard InChI is InChI=1S/C14H27N3O2/c1-10(13(19)16-11-7-5-6-8-11)15-9-12(18)17-14(2,3)4/h10-11,15H,5-9H2,1-4H3,(H,16,19)(H,17,18). The van der Waals surface area contributed by atoms with Crippen molar-refractivity contribution in [3.63, 3.8) is 0 Å². The highest BCUT2D eigenvalue weighted by Gasteiger charge is 2.21. The molecule has 1 unspecified atom stereocenters. The molecule has 110 valence electrons. The lowest BCUT2D eigenvalue weighted by Crippen LogP contribution is -2.50. The first kappa shape index (κ1) is 16.0. The molecule has 0 saturated heterocycles. The van der Waals surface area contributed by atoms with E-state index >= 15 is 0 Å². The molecule has 5 nitrogen and oxygen atoms in total. The number of carbonyl (C=O) groups excluding carboxylic acids is 2. The summed E-state index contributed by atoms with van der Waals surface area (Å²) in [6.45, 7) is 7.74. The van der Waals surface area contributed by atoms with E-state index in [1.807, 2.05) is 20.8 Å². The van der Waals surface area contributed by atoms with E-state index in [-0.39, 0.29) is 29.9 Å². The summed E-state index contributed by atoms with van der Waals surface area (Å²) in [7, 11) is 0. The Morgan fingerprint density at radius 1 is 1.21 bits per heavy atom. The molecule has 1 fully saturated rings. The number of carbonyl (C=O) groups is 2. The van der Waals surface area contributed by atoms with Crippen LogP contribution in [0, 0.1) is 0 Å². The van der Waals surface area contributed by atoms with E-state index in [4.69, 9.17) is 0 Å². The topological polar surface area (TPSA) is 70.2 Å². The molecule has 1 saturated carbocycles. The van der Waals surface area contributed by atoms with Crippen LogP contribution in [0.2, 0.25) is 0 Å². The van der Waals surface area contributed by atoms with Gasteiger partial charge < -0.3 is 10.6 Å². The molecule has 0 bridgehead atoms. The lowest BCUT2D eigenvalue weighted by Gasteiger charge is -2.22. The number of hydrogen-bond donors (Lipinski definition) is 3. The van der Waals surface area contributed by atoms with Gasteiger partial charge in [0.2, 0.25) is 11.8 Å². The third-order valence-corrected chi connectivity index (χ3v) is 3.18. The van der Waals surface area contributed by atoms with Crippen molar-refractivity contribution < 1.29 is 9.59 Å². The van der Waals surface area contributed by atoms with Gasteiger partial charge in [0.15, 0.2) is 0 Å². The second-order valence-corrected chi connectivity index (χ2v) is 6.39. The normalized spacial score (nSPS) is 18.1. The molecule has 0 aromatic carbocycles. The van der Waals surface area contributed by atoms with Crippen molar-refractivity contribution in [3.8, 4) is 0 Å². The smallest absolute Gasteiger partial charge is 0.237 e. The Morgan fingerprint density at radius 2 is 1.79 bits per heavy atom. The van der Waals surface area contributed by atoms with Crippen molar-refractivity contribution in [2.24, 2.45) is 0 Å². The van der Waals surface area contributed by atoms with Crippen LogP contribution in [-0.4, -0.2) is 36.0 Å². The molecule has 1 atom stereocenters. The lowest BCUT2D eigenvalue weighted by atomic mass is 10.1. The van der Waals surface area contributed by atoms with Crippen molar-refractivity contribution in [1.29, 1.82) is 0 Å². The molecule has 1 rings (SSSR count). The van der Waals surface area contributed by atoms with Crippen LogP contribution in [0.3, 0.4) is 0 Å². The van der Waals surface area contributed by atoms with E-state index in [1.165, 1.54) is 12.8 Å². The molecule has 0 aromatic rings. The molecule has 0 aromatic heterocycles. The molecule has 0 aliphatic heterocycles. The summed E-state index contributed by atoms with van der Waals surface area (Å²) in [6.07, 6.45) is 4.54. The fraction of sp³-hybridized carbons (Fsp3) is 0.857. The molecule has 3 N–H and O–H groups in total. The minimum Gasteiger partial charge on any atom is -0.352 e. The fourth-order valence-electron chi connectivity index (χ4n) is 2.20. The Hall–Kier alpha value is -1.10. The van der Waals surface area contributed by atoms with E-state index in [0.717, 1.165) is 12.8 Å². The average Bonchev–Trinajstić information content (AvgIpc) is 2.76. The number of hydrogen-bond acceptors (Lipinski definition) is 3. The zero-order valence-corrected chi connectivity index (χ0v) is 12.5. The highest BCUT2D eigenvalue weighted by molar-refractivity contribution is 5.83. The van der Waals surface area contributed by atoms with E-state index < -0.39 is 0 Å². The predicted octanol–water partition coefficient (Wildman–Crippen LogP) is 0.938. The van der Waals surface area contributed by atoms with Crippen molar-refractivity contribution in [2.45, 2.75) is 71.0 Å².